The summed E-state index contributed by atoms with van der Waals surface area (Å²) in [6.45, 7) is 6.15. The van der Waals surface area contributed by atoms with Crippen molar-refractivity contribution >= 4 is 28.6 Å². The fraction of sp³-hybridized carbons (Fsp3) is 0.593. The minimum Gasteiger partial charge on any atom is -0.491 e. The van der Waals surface area contributed by atoms with Crippen molar-refractivity contribution in [3.05, 3.63) is 30.0 Å². The normalized spacial score (nSPS) is 26.7. The predicted octanol–water partition coefficient (Wildman–Crippen LogP) is 1.80. The number of nitrogens with zero attached hydrogens (tertiary/aromatic N) is 2. The average Bonchev–Trinajstić information content (AvgIpc) is 3.57. The van der Waals surface area contributed by atoms with E-state index in [9.17, 15) is 18.8 Å². The van der Waals surface area contributed by atoms with E-state index in [-0.39, 0.29) is 36.7 Å². The van der Waals surface area contributed by atoms with Crippen LogP contribution in [0, 0.1) is 5.92 Å². The maximum Gasteiger partial charge on any atom is 0.287 e. The lowest BCUT2D eigenvalue weighted by Gasteiger charge is -2.29. The lowest BCUT2D eigenvalue weighted by Crippen LogP contribution is -2.52. The van der Waals surface area contributed by atoms with E-state index in [1.807, 2.05) is 20.9 Å². The number of Topliss-reactive ketones (excluding diaryl/α,β-unsaturated/α-hetero) is 1. The standard InChI is InChI=1S/C27H34FN3O7/c1-15(2)8-20(27(34)31-12-19(28)25-24(31)21(32)14-37-25)29-26(33)23-10-16-9-17(4-5-22(16)38-23)36-13-18-11-30(3)6-7-35-18/h4-5,9-10,15,18-20,24-25H,6-8,11-14H2,1-3H3,(H,29,33)/t18?,19-,20-,24+,25+/m0/s1. The Balaban J connectivity index is 1.26. The Morgan fingerprint density at radius 1 is 1.21 bits per heavy atom. The highest BCUT2D eigenvalue weighted by Crippen LogP contribution is 2.31. The van der Waals surface area contributed by atoms with Crippen LogP contribution in [0.15, 0.2) is 28.7 Å². The molecule has 0 bridgehead atoms. The molecule has 11 heteroatoms. The zero-order valence-corrected chi connectivity index (χ0v) is 21.9. The molecule has 3 aliphatic rings. The van der Waals surface area contributed by atoms with E-state index < -0.39 is 36.2 Å². The molecule has 1 aromatic carbocycles. The molecule has 3 fully saturated rings. The van der Waals surface area contributed by atoms with Crippen molar-refractivity contribution in [1.82, 2.24) is 15.1 Å². The Bertz CT molecular complexity index is 1200. The molecule has 5 rings (SSSR count). The third kappa shape index (κ3) is 5.55. The second kappa shape index (κ2) is 11.0. The van der Waals surface area contributed by atoms with Crippen LogP contribution in [0.25, 0.3) is 11.0 Å². The topological polar surface area (TPSA) is 111 Å². The molecule has 4 heterocycles. The molecule has 1 aromatic heterocycles. The van der Waals surface area contributed by atoms with Crippen LogP contribution < -0.4 is 10.1 Å². The van der Waals surface area contributed by atoms with Gasteiger partial charge in [-0.25, -0.2) is 4.39 Å². The first-order valence-corrected chi connectivity index (χ1v) is 13.1. The van der Waals surface area contributed by atoms with E-state index >= 15 is 0 Å². The van der Waals surface area contributed by atoms with Crippen LogP contribution in [-0.2, 0) is 19.1 Å². The van der Waals surface area contributed by atoms with Crippen molar-refractivity contribution < 1.29 is 37.4 Å². The molecule has 0 aliphatic carbocycles. The minimum atomic E-state index is -1.44. The molecule has 38 heavy (non-hydrogen) atoms. The number of nitrogens with one attached hydrogen (secondary N) is 1. The van der Waals surface area contributed by atoms with Crippen molar-refractivity contribution in [2.75, 3.05) is 46.5 Å². The van der Waals surface area contributed by atoms with Gasteiger partial charge in [-0.05, 0) is 43.7 Å². The predicted molar refractivity (Wildman–Crippen MR) is 135 cm³/mol. The number of alkyl halides is 1. The lowest BCUT2D eigenvalue weighted by atomic mass is 10.0. The first-order chi connectivity index (χ1) is 18.2. The van der Waals surface area contributed by atoms with Gasteiger partial charge < -0.3 is 33.7 Å². The Hall–Kier alpha value is -3.02. The van der Waals surface area contributed by atoms with Crippen LogP contribution in [0.1, 0.15) is 30.8 Å². The van der Waals surface area contributed by atoms with Crippen LogP contribution in [-0.4, -0.2) is 104 Å². The van der Waals surface area contributed by atoms with Crippen LogP contribution >= 0.6 is 0 Å². The number of likely N-dealkylation sites (tertiary alicyclic amines) is 1. The summed E-state index contributed by atoms with van der Waals surface area (Å²) < 4.78 is 37.1. The number of fused-ring (bicyclic) bond motifs is 2. The monoisotopic (exact) mass is 531 g/mol. The fourth-order valence-corrected chi connectivity index (χ4v) is 5.33. The number of carbonyl (C=O) groups is 3. The van der Waals surface area contributed by atoms with Gasteiger partial charge >= 0.3 is 0 Å². The van der Waals surface area contributed by atoms with Gasteiger partial charge in [0.05, 0.1) is 13.2 Å². The molecule has 0 saturated carbocycles. The van der Waals surface area contributed by atoms with Crippen LogP contribution in [0.2, 0.25) is 0 Å². The van der Waals surface area contributed by atoms with Gasteiger partial charge in [0.15, 0.2) is 11.5 Å². The molecule has 1 unspecified atom stereocenters. The number of likely N-dealkylation sites (N-methyl/N-ethyl adjacent to an activating group) is 1. The minimum absolute atomic E-state index is 0.0183. The summed E-state index contributed by atoms with van der Waals surface area (Å²) in [7, 11) is 2.04. The van der Waals surface area contributed by atoms with Crippen LogP contribution in [0.4, 0.5) is 4.39 Å². The van der Waals surface area contributed by atoms with E-state index in [4.69, 9.17) is 18.6 Å². The van der Waals surface area contributed by atoms with Crippen molar-refractivity contribution in [1.29, 1.82) is 0 Å². The fourth-order valence-electron chi connectivity index (χ4n) is 5.33. The Morgan fingerprint density at radius 3 is 2.79 bits per heavy atom. The molecule has 5 atom stereocenters. The summed E-state index contributed by atoms with van der Waals surface area (Å²) >= 11 is 0. The smallest absolute Gasteiger partial charge is 0.287 e. The van der Waals surface area contributed by atoms with Crippen molar-refractivity contribution in [2.24, 2.45) is 5.92 Å². The third-order valence-electron chi connectivity index (χ3n) is 7.21. The van der Waals surface area contributed by atoms with E-state index in [1.165, 1.54) is 4.90 Å². The Kier molecular flexibility index (Phi) is 7.69. The molecular formula is C27H34FN3O7. The number of ether oxygens (including phenoxy) is 3. The molecule has 1 N–H and O–H groups in total. The first kappa shape index (κ1) is 26.6. The van der Waals surface area contributed by atoms with E-state index in [0.717, 1.165) is 13.1 Å². The highest BCUT2D eigenvalue weighted by Gasteiger charge is 2.53. The maximum atomic E-state index is 14.5. The number of morpholine rings is 1. The van der Waals surface area contributed by atoms with Gasteiger partial charge in [-0.3, -0.25) is 14.4 Å². The number of amides is 2. The zero-order chi connectivity index (χ0) is 27.0. The highest BCUT2D eigenvalue weighted by atomic mass is 19.1. The van der Waals surface area contributed by atoms with Crippen LogP contribution in [0.3, 0.4) is 0 Å². The van der Waals surface area contributed by atoms with Gasteiger partial charge in [0.2, 0.25) is 5.91 Å². The lowest BCUT2D eigenvalue weighted by molar-refractivity contribution is -0.138. The quantitative estimate of drug-likeness (QED) is 0.549. The van der Waals surface area contributed by atoms with Crippen molar-refractivity contribution in [3.63, 3.8) is 0 Å². The number of benzene rings is 1. The van der Waals surface area contributed by atoms with Crippen LogP contribution in [0.5, 0.6) is 5.75 Å². The number of carbonyl (C=O) groups excluding carboxylic acids is 3. The van der Waals surface area contributed by atoms with E-state index in [1.54, 1.807) is 24.3 Å². The van der Waals surface area contributed by atoms with Gasteiger partial charge in [-0.2, -0.15) is 0 Å². The summed E-state index contributed by atoms with van der Waals surface area (Å²) in [4.78, 5) is 42.2. The third-order valence-corrected chi connectivity index (χ3v) is 7.21. The van der Waals surface area contributed by atoms with E-state index in [0.29, 0.717) is 36.4 Å². The molecular weight excluding hydrogens is 497 g/mol. The molecule has 0 radical (unpaired) electrons. The largest absolute Gasteiger partial charge is 0.491 e. The summed E-state index contributed by atoms with van der Waals surface area (Å²) in [5, 5.41) is 3.43. The summed E-state index contributed by atoms with van der Waals surface area (Å²) in [6, 6.07) is 4.98. The van der Waals surface area contributed by atoms with Crippen molar-refractivity contribution in [3.8, 4) is 5.75 Å². The Labute approximate surface area is 220 Å². The number of hydrogen-bond donors (Lipinski definition) is 1. The number of halogens is 1. The van der Waals surface area contributed by atoms with Gasteiger partial charge in [0, 0.05) is 18.5 Å². The number of furan rings is 1. The number of hydrogen-bond acceptors (Lipinski definition) is 8. The van der Waals surface area contributed by atoms with Gasteiger partial charge in [0.25, 0.3) is 5.91 Å². The number of rotatable bonds is 8. The molecule has 2 amide bonds. The summed E-state index contributed by atoms with van der Waals surface area (Å²) in [6.07, 6.45) is -2.08. The van der Waals surface area contributed by atoms with Gasteiger partial charge in [-0.15, -0.1) is 0 Å². The van der Waals surface area contributed by atoms with Gasteiger partial charge in [-0.1, -0.05) is 13.8 Å². The molecule has 3 aliphatic heterocycles. The average molecular weight is 532 g/mol. The first-order valence-electron chi connectivity index (χ1n) is 13.1. The molecule has 2 aromatic rings. The maximum absolute atomic E-state index is 14.5. The molecule has 3 saturated heterocycles. The summed E-state index contributed by atoms with van der Waals surface area (Å²) in [5.41, 5.74) is 0.499. The second-order valence-corrected chi connectivity index (χ2v) is 10.7. The van der Waals surface area contributed by atoms with Gasteiger partial charge in [0.1, 0.15) is 55.0 Å². The SMILES string of the molecule is CC(C)C[C@H](NC(=O)c1cc2cc(OCC3CN(C)CCO3)ccc2o1)C(=O)N1C[C@H](F)[C@H]2OCC(=O)[C@H]21. The molecule has 206 valence electrons. The van der Waals surface area contributed by atoms with Crippen molar-refractivity contribution in [2.45, 2.75) is 50.7 Å². The highest BCUT2D eigenvalue weighted by molar-refractivity contribution is 6.00. The van der Waals surface area contributed by atoms with E-state index in [2.05, 4.69) is 10.2 Å². The number of ketones is 1. The zero-order valence-electron chi connectivity index (χ0n) is 21.9. The summed E-state index contributed by atoms with van der Waals surface area (Å²) in [5.74, 6) is -0.661. The molecule has 10 nitrogen and oxygen atoms in total. The second-order valence-electron chi connectivity index (χ2n) is 10.7. The molecule has 0 spiro atoms. The Morgan fingerprint density at radius 2 is 2.03 bits per heavy atom.